The van der Waals surface area contributed by atoms with Crippen LogP contribution in [0.15, 0.2) is 54.6 Å². The van der Waals surface area contributed by atoms with Gasteiger partial charge in [-0.25, -0.2) is 8.42 Å². The van der Waals surface area contributed by atoms with Crippen LogP contribution in [0.25, 0.3) is 0 Å². The molecule has 0 saturated carbocycles. The Bertz CT molecular complexity index is 929. The molecule has 6 nitrogen and oxygen atoms in total. The molecule has 7 heteroatoms. The minimum absolute atomic E-state index is 0.0131. The van der Waals surface area contributed by atoms with Crippen LogP contribution in [-0.2, 0) is 27.7 Å². The highest BCUT2D eigenvalue weighted by atomic mass is 32.2. The molecule has 1 amide bonds. The number of carbonyl (C=O) groups excluding carboxylic acids is 1. The number of methoxy groups -OCH3 is 1. The zero-order valence-corrected chi connectivity index (χ0v) is 18.5. The summed E-state index contributed by atoms with van der Waals surface area (Å²) in [5, 5.41) is 0. The number of carbonyl (C=O) groups is 1. The first-order chi connectivity index (χ1) is 14.4. The Labute approximate surface area is 179 Å². The van der Waals surface area contributed by atoms with Gasteiger partial charge < -0.3 is 9.64 Å². The highest BCUT2D eigenvalue weighted by molar-refractivity contribution is 7.91. The van der Waals surface area contributed by atoms with E-state index < -0.39 is 9.84 Å². The summed E-state index contributed by atoms with van der Waals surface area (Å²) in [5.74, 6) is 1.08. The van der Waals surface area contributed by atoms with E-state index in [1.54, 1.807) is 7.11 Å². The van der Waals surface area contributed by atoms with Gasteiger partial charge >= 0.3 is 0 Å². The molecule has 1 fully saturated rings. The maximum atomic E-state index is 13.1. The van der Waals surface area contributed by atoms with Crippen molar-refractivity contribution in [3.8, 4) is 5.75 Å². The molecular weight excluding hydrogens is 400 g/mol. The number of amides is 1. The Hall–Kier alpha value is -2.38. The van der Waals surface area contributed by atoms with E-state index in [0.717, 1.165) is 16.9 Å². The van der Waals surface area contributed by atoms with E-state index >= 15 is 0 Å². The number of sulfone groups is 1. The van der Waals surface area contributed by atoms with Gasteiger partial charge in [-0.05, 0) is 36.6 Å². The molecule has 0 spiro atoms. The SMILES string of the molecule is CCN(Cc1ccccc1)C(=O)CN(Cc1ccc(OC)cc1)C1CCS(=O)(=O)C1. The largest absolute Gasteiger partial charge is 0.497 e. The summed E-state index contributed by atoms with van der Waals surface area (Å²) >= 11 is 0. The minimum atomic E-state index is -3.04. The van der Waals surface area contributed by atoms with Crippen molar-refractivity contribution in [3.63, 3.8) is 0 Å². The van der Waals surface area contributed by atoms with Crippen LogP contribution in [0.2, 0.25) is 0 Å². The van der Waals surface area contributed by atoms with Crippen LogP contribution in [-0.4, -0.2) is 61.9 Å². The Balaban J connectivity index is 1.74. The van der Waals surface area contributed by atoms with E-state index in [-0.39, 0.29) is 30.0 Å². The molecule has 0 aromatic heterocycles. The second-order valence-corrected chi connectivity index (χ2v) is 9.93. The first kappa shape index (κ1) is 22.3. The van der Waals surface area contributed by atoms with Gasteiger partial charge in [0.2, 0.25) is 5.91 Å². The summed E-state index contributed by atoms with van der Waals surface area (Å²) in [6, 6.07) is 17.4. The lowest BCUT2D eigenvalue weighted by Crippen LogP contribution is -2.44. The molecule has 0 aliphatic carbocycles. The Morgan fingerprint density at radius 3 is 2.27 bits per heavy atom. The number of likely N-dealkylation sites (N-methyl/N-ethyl adjacent to an activating group) is 1. The molecule has 0 N–H and O–H groups in total. The van der Waals surface area contributed by atoms with Crippen molar-refractivity contribution in [2.24, 2.45) is 0 Å². The van der Waals surface area contributed by atoms with Crippen molar-refractivity contribution >= 4 is 15.7 Å². The Kier molecular flexibility index (Phi) is 7.50. The van der Waals surface area contributed by atoms with Crippen molar-refractivity contribution < 1.29 is 17.9 Å². The third-order valence-electron chi connectivity index (χ3n) is 5.56. The summed E-state index contributed by atoms with van der Waals surface area (Å²) in [7, 11) is -1.42. The van der Waals surface area contributed by atoms with Crippen LogP contribution in [0.3, 0.4) is 0 Å². The van der Waals surface area contributed by atoms with Gasteiger partial charge in [0.05, 0.1) is 25.2 Å². The van der Waals surface area contributed by atoms with Gasteiger partial charge in [0.1, 0.15) is 5.75 Å². The zero-order valence-electron chi connectivity index (χ0n) is 17.7. The fourth-order valence-electron chi connectivity index (χ4n) is 3.80. The summed E-state index contributed by atoms with van der Waals surface area (Å²) in [5.41, 5.74) is 2.11. The molecule has 3 rings (SSSR count). The van der Waals surface area contributed by atoms with E-state index in [1.807, 2.05) is 71.3 Å². The van der Waals surface area contributed by atoms with E-state index in [1.165, 1.54) is 0 Å². The second-order valence-electron chi connectivity index (χ2n) is 7.70. The van der Waals surface area contributed by atoms with Gasteiger partial charge in [-0.2, -0.15) is 0 Å². The first-order valence-corrected chi connectivity index (χ1v) is 12.1. The summed E-state index contributed by atoms with van der Waals surface area (Å²) < 4.78 is 29.3. The molecule has 1 heterocycles. The summed E-state index contributed by atoms with van der Waals surface area (Å²) in [6.45, 7) is 3.85. The third-order valence-corrected chi connectivity index (χ3v) is 7.31. The molecule has 0 bridgehead atoms. The van der Waals surface area contributed by atoms with Gasteiger partial charge in [0.15, 0.2) is 9.84 Å². The van der Waals surface area contributed by atoms with Crippen LogP contribution >= 0.6 is 0 Å². The molecular formula is C23H30N2O4S. The molecule has 30 heavy (non-hydrogen) atoms. The molecule has 0 radical (unpaired) electrons. The van der Waals surface area contributed by atoms with Gasteiger partial charge in [-0.1, -0.05) is 42.5 Å². The van der Waals surface area contributed by atoms with E-state index in [2.05, 4.69) is 0 Å². The summed E-state index contributed by atoms with van der Waals surface area (Å²) in [4.78, 5) is 16.9. The van der Waals surface area contributed by atoms with Gasteiger partial charge in [0, 0.05) is 25.7 Å². The normalized spacial score (nSPS) is 17.8. The van der Waals surface area contributed by atoms with Crippen LogP contribution in [0.1, 0.15) is 24.5 Å². The Morgan fingerprint density at radius 1 is 1.03 bits per heavy atom. The molecule has 2 aromatic carbocycles. The third kappa shape index (κ3) is 6.06. The number of nitrogens with zero attached hydrogens (tertiary/aromatic N) is 2. The van der Waals surface area contributed by atoms with Gasteiger partial charge in [-0.15, -0.1) is 0 Å². The van der Waals surface area contributed by atoms with Crippen molar-refractivity contribution in [2.45, 2.75) is 32.5 Å². The smallest absolute Gasteiger partial charge is 0.237 e. The van der Waals surface area contributed by atoms with Crippen molar-refractivity contribution in [3.05, 3.63) is 65.7 Å². The van der Waals surface area contributed by atoms with Crippen LogP contribution < -0.4 is 4.74 Å². The van der Waals surface area contributed by atoms with E-state index in [0.29, 0.717) is 26.1 Å². The van der Waals surface area contributed by atoms with Crippen LogP contribution in [0.5, 0.6) is 5.75 Å². The van der Waals surface area contributed by atoms with Gasteiger partial charge in [0.25, 0.3) is 0 Å². The number of rotatable bonds is 9. The van der Waals surface area contributed by atoms with E-state index in [4.69, 9.17) is 4.74 Å². The fraction of sp³-hybridized carbons (Fsp3) is 0.435. The topological polar surface area (TPSA) is 66.9 Å². The summed E-state index contributed by atoms with van der Waals surface area (Å²) in [6.07, 6.45) is 0.566. The second kappa shape index (κ2) is 10.1. The molecule has 162 valence electrons. The zero-order chi connectivity index (χ0) is 21.6. The predicted octanol–water partition coefficient (Wildman–Crippen LogP) is 2.73. The van der Waals surface area contributed by atoms with Gasteiger partial charge in [-0.3, -0.25) is 9.69 Å². The fourth-order valence-corrected chi connectivity index (χ4v) is 5.56. The highest BCUT2D eigenvalue weighted by Gasteiger charge is 2.33. The molecule has 2 aromatic rings. The molecule has 1 atom stereocenters. The average Bonchev–Trinajstić information content (AvgIpc) is 3.12. The highest BCUT2D eigenvalue weighted by Crippen LogP contribution is 2.21. The van der Waals surface area contributed by atoms with Crippen molar-refractivity contribution in [1.82, 2.24) is 9.80 Å². The first-order valence-electron chi connectivity index (χ1n) is 10.3. The number of ether oxygens (including phenoxy) is 1. The lowest BCUT2D eigenvalue weighted by molar-refractivity contribution is -0.133. The van der Waals surface area contributed by atoms with Crippen molar-refractivity contribution in [1.29, 1.82) is 0 Å². The Morgan fingerprint density at radius 2 is 1.70 bits per heavy atom. The maximum absolute atomic E-state index is 13.1. The number of benzene rings is 2. The van der Waals surface area contributed by atoms with Crippen LogP contribution in [0.4, 0.5) is 0 Å². The van der Waals surface area contributed by atoms with E-state index in [9.17, 15) is 13.2 Å². The molecule has 1 aliphatic rings. The molecule has 1 unspecified atom stereocenters. The van der Waals surface area contributed by atoms with Crippen LogP contribution in [0, 0.1) is 0 Å². The molecule has 1 saturated heterocycles. The number of hydrogen-bond donors (Lipinski definition) is 0. The lowest BCUT2D eigenvalue weighted by atomic mass is 10.1. The standard InChI is InChI=1S/C23H30N2O4S/c1-3-24(15-19-7-5-4-6-8-19)23(26)17-25(21-13-14-30(27,28)18-21)16-20-9-11-22(29-2)12-10-20/h4-12,21H,3,13-18H2,1-2H3. The monoisotopic (exact) mass is 430 g/mol. The minimum Gasteiger partial charge on any atom is -0.497 e. The maximum Gasteiger partial charge on any atom is 0.237 e. The lowest BCUT2D eigenvalue weighted by Gasteiger charge is -2.30. The average molecular weight is 431 g/mol. The number of hydrogen-bond acceptors (Lipinski definition) is 5. The molecule has 1 aliphatic heterocycles. The predicted molar refractivity (Wildman–Crippen MR) is 118 cm³/mol. The quantitative estimate of drug-likeness (QED) is 0.612. The van der Waals surface area contributed by atoms with Crippen molar-refractivity contribution in [2.75, 3.05) is 31.7 Å².